The Balaban J connectivity index is 0.000000550. The molecule has 2 rings (SSSR count). The van der Waals surface area contributed by atoms with E-state index in [4.69, 9.17) is 10.5 Å². The smallest absolute Gasteiger partial charge is 0.163 e. The van der Waals surface area contributed by atoms with Crippen molar-refractivity contribution in [3.63, 3.8) is 0 Å². The summed E-state index contributed by atoms with van der Waals surface area (Å²) in [6.07, 6.45) is 2.91. The first-order valence-electron chi connectivity index (χ1n) is 6.50. The summed E-state index contributed by atoms with van der Waals surface area (Å²) in [6.45, 7) is 6.76. The number of aryl methyl sites for hydroxylation is 1. The summed E-state index contributed by atoms with van der Waals surface area (Å²) in [6, 6.07) is 5.60. The molecule has 1 heterocycles. The van der Waals surface area contributed by atoms with Gasteiger partial charge in [0.25, 0.3) is 0 Å². The van der Waals surface area contributed by atoms with E-state index in [1.165, 1.54) is 6.42 Å². The Morgan fingerprint density at radius 1 is 1.26 bits per heavy atom. The van der Waals surface area contributed by atoms with E-state index in [1.807, 2.05) is 36.7 Å². The van der Waals surface area contributed by atoms with Crippen LogP contribution in [-0.2, 0) is 7.05 Å². The van der Waals surface area contributed by atoms with Crippen molar-refractivity contribution in [2.75, 3.05) is 12.3 Å². The van der Waals surface area contributed by atoms with Crippen LogP contribution in [0, 0.1) is 0 Å². The topological polar surface area (TPSA) is 66.0 Å². The van der Waals surface area contributed by atoms with Gasteiger partial charge in [-0.2, -0.15) is 0 Å². The van der Waals surface area contributed by atoms with E-state index in [9.17, 15) is 0 Å². The van der Waals surface area contributed by atoms with Crippen molar-refractivity contribution in [1.82, 2.24) is 14.8 Å². The molecule has 0 spiro atoms. The number of ether oxygens (including phenoxy) is 1. The van der Waals surface area contributed by atoms with E-state index in [2.05, 4.69) is 24.0 Å². The van der Waals surface area contributed by atoms with E-state index in [1.54, 1.807) is 6.33 Å². The molecule has 2 N–H and O–H groups in total. The van der Waals surface area contributed by atoms with Crippen molar-refractivity contribution in [2.24, 2.45) is 7.05 Å². The van der Waals surface area contributed by atoms with Gasteiger partial charge in [0.2, 0.25) is 0 Å². The van der Waals surface area contributed by atoms with Gasteiger partial charge in [-0.25, -0.2) is 0 Å². The number of nitrogen functional groups attached to an aromatic ring is 1. The number of hydrogen-bond donors (Lipinski definition) is 1. The molecule has 0 radical (unpaired) electrons. The van der Waals surface area contributed by atoms with Gasteiger partial charge in [-0.3, -0.25) is 0 Å². The summed E-state index contributed by atoms with van der Waals surface area (Å²) in [4.78, 5) is 0. The Kier molecular flexibility index (Phi) is 5.85. The fraction of sp³-hybridized carbons (Fsp3) is 0.429. The quantitative estimate of drug-likeness (QED) is 0.864. The lowest BCUT2D eigenvalue weighted by Gasteiger charge is -2.08. The van der Waals surface area contributed by atoms with Crippen LogP contribution in [0.5, 0.6) is 5.75 Å². The molecule has 0 saturated carbocycles. The molecule has 0 unspecified atom stereocenters. The maximum Gasteiger partial charge on any atom is 0.163 e. The van der Waals surface area contributed by atoms with Crippen LogP contribution >= 0.6 is 0 Å². The highest BCUT2D eigenvalue weighted by atomic mass is 16.5. The van der Waals surface area contributed by atoms with Crippen LogP contribution < -0.4 is 10.5 Å². The molecule has 5 heteroatoms. The summed E-state index contributed by atoms with van der Waals surface area (Å²) < 4.78 is 7.28. The first kappa shape index (κ1) is 15.0. The number of rotatable bonds is 3. The van der Waals surface area contributed by atoms with E-state index < -0.39 is 0 Å². The van der Waals surface area contributed by atoms with Crippen molar-refractivity contribution in [3.05, 3.63) is 24.5 Å². The van der Waals surface area contributed by atoms with Crippen LogP contribution in [0.1, 0.15) is 27.2 Å². The highest BCUT2D eigenvalue weighted by molar-refractivity contribution is 5.65. The maximum atomic E-state index is 5.80. The molecular formula is C14H22N4O. The first-order valence-corrected chi connectivity index (χ1v) is 6.50. The molecular weight excluding hydrogens is 240 g/mol. The van der Waals surface area contributed by atoms with Crippen LogP contribution in [0.3, 0.4) is 0 Å². The van der Waals surface area contributed by atoms with Gasteiger partial charge in [0.15, 0.2) is 5.82 Å². The van der Waals surface area contributed by atoms with Gasteiger partial charge >= 0.3 is 0 Å². The maximum absolute atomic E-state index is 5.80. The number of nitrogens with two attached hydrogens (primary N) is 1. The molecule has 5 nitrogen and oxygen atoms in total. The van der Waals surface area contributed by atoms with Gasteiger partial charge in [-0.1, -0.05) is 20.3 Å². The molecule has 2 aromatic rings. The van der Waals surface area contributed by atoms with Gasteiger partial charge < -0.3 is 15.0 Å². The zero-order valence-electron chi connectivity index (χ0n) is 12.1. The summed E-state index contributed by atoms with van der Waals surface area (Å²) in [5, 5.41) is 7.87. The predicted molar refractivity (Wildman–Crippen MR) is 78.0 cm³/mol. The van der Waals surface area contributed by atoms with Crippen molar-refractivity contribution in [3.8, 4) is 17.1 Å². The Hall–Kier alpha value is -2.04. The molecule has 0 amide bonds. The van der Waals surface area contributed by atoms with Gasteiger partial charge in [-0.05, 0) is 25.1 Å². The number of hydrogen-bond acceptors (Lipinski definition) is 4. The zero-order chi connectivity index (χ0) is 14.3. The lowest BCUT2D eigenvalue weighted by molar-refractivity contribution is 0.342. The van der Waals surface area contributed by atoms with E-state index in [0.717, 1.165) is 11.4 Å². The van der Waals surface area contributed by atoms with Crippen LogP contribution in [0.2, 0.25) is 0 Å². The summed E-state index contributed by atoms with van der Waals surface area (Å²) >= 11 is 0. The lowest BCUT2D eigenvalue weighted by atomic mass is 10.2. The number of anilines is 1. The summed E-state index contributed by atoms with van der Waals surface area (Å²) in [5.41, 5.74) is 7.37. The van der Waals surface area contributed by atoms with Crippen LogP contribution in [-0.4, -0.2) is 21.4 Å². The SMILES string of the molecule is CCC.CCOc1cc(-c2nncn2C)ccc1N. The second-order valence-corrected chi connectivity index (χ2v) is 4.16. The predicted octanol–water partition coefficient (Wildman–Crippen LogP) is 2.88. The normalized spacial score (nSPS) is 9.68. The Labute approximate surface area is 114 Å². The van der Waals surface area contributed by atoms with E-state index >= 15 is 0 Å². The average molecular weight is 262 g/mol. The number of benzene rings is 1. The third kappa shape index (κ3) is 3.98. The fourth-order valence-corrected chi connectivity index (χ4v) is 1.50. The van der Waals surface area contributed by atoms with E-state index in [0.29, 0.717) is 18.0 Å². The van der Waals surface area contributed by atoms with Crippen molar-refractivity contribution in [2.45, 2.75) is 27.2 Å². The second-order valence-electron chi connectivity index (χ2n) is 4.16. The van der Waals surface area contributed by atoms with Gasteiger partial charge in [0.1, 0.15) is 12.1 Å². The summed E-state index contributed by atoms with van der Waals surface area (Å²) in [7, 11) is 1.89. The number of nitrogens with zero attached hydrogens (tertiary/aromatic N) is 3. The zero-order valence-corrected chi connectivity index (χ0v) is 12.1. The minimum absolute atomic E-state index is 0.590. The molecule has 104 valence electrons. The van der Waals surface area contributed by atoms with Crippen LogP contribution in [0.25, 0.3) is 11.4 Å². The Morgan fingerprint density at radius 3 is 2.47 bits per heavy atom. The van der Waals surface area contributed by atoms with Gasteiger partial charge in [-0.15, -0.1) is 10.2 Å². The standard InChI is InChI=1S/C11H14N4O.C3H8/c1-3-16-10-6-8(4-5-9(10)12)11-14-13-7-15(11)2;1-3-2/h4-7H,3,12H2,1-2H3;3H2,1-2H3. The van der Waals surface area contributed by atoms with Crippen LogP contribution in [0.15, 0.2) is 24.5 Å². The summed E-state index contributed by atoms with van der Waals surface area (Å²) in [5.74, 6) is 1.48. The Bertz CT molecular complexity index is 508. The molecule has 0 aliphatic heterocycles. The molecule has 0 fully saturated rings. The monoisotopic (exact) mass is 262 g/mol. The molecule has 1 aromatic carbocycles. The molecule has 1 aromatic heterocycles. The van der Waals surface area contributed by atoms with Crippen molar-refractivity contribution >= 4 is 5.69 Å². The highest BCUT2D eigenvalue weighted by Gasteiger charge is 2.07. The highest BCUT2D eigenvalue weighted by Crippen LogP contribution is 2.27. The third-order valence-electron chi connectivity index (χ3n) is 2.28. The molecule has 0 bridgehead atoms. The molecule has 19 heavy (non-hydrogen) atoms. The van der Waals surface area contributed by atoms with Gasteiger partial charge in [0, 0.05) is 12.6 Å². The Morgan fingerprint density at radius 2 is 1.95 bits per heavy atom. The number of aromatic nitrogens is 3. The molecule has 0 saturated heterocycles. The minimum Gasteiger partial charge on any atom is -0.492 e. The van der Waals surface area contributed by atoms with E-state index in [-0.39, 0.29) is 0 Å². The molecule has 0 atom stereocenters. The largest absolute Gasteiger partial charge is 0.492 e. The average Bonchev–Trinajstić information content (AvgIpc) is 2.80. The molecule has 0 aliphatic carbocycles. The van der Waals surface area contributed by atoms with Crippen molar-refractivity contribution in [1.29, 1.82) is 0 Å². The molecule has 0 aliphatic rings. The van der Waals surface area contributed by atoms with Crippen molar-refractivity contribution < 1.29 is 4.74 Å². The first-order chi connectivity index (χ1) is 9.13. The lowest BCUT2D eigenvalue weighted by Crippen LogP contribution is -1.98. The van der Waals surface area contributed by atoms with Gasteiger partial charge in [0.05, 0.1) is 12.3 Å². The fourth-order valence-electron chi connectivity index (χ4n) is 1.50. The minimum atomic E-state index is 0.590. The van der Waals surface area contributed by atoms with Crippen LogP contribution in [0.4, 0.5) is 5.69 Å². The third-order valence-corrected chi connectivity index (χ3v) is 2.28. The second kappa shape index (κ2) is 7.41.